The molecule has 2 rings (SSSR count). The van der Waals surface area contributed by atoms with Crippen LogP contribution in [0.3, 0.4) is 0 Å². The molecule has 1 N–H and O–H groups in total. The van der Waals surface area contributed by atoms with Gasteiger partial charge in [0.1, 0.15) is 0 Å². The third kappa shape index (κ3) is 3.38. The number of carboxylic acid groups (broad SMARTS) is 1. The molecule has 1 aromatic carbocycles. The van der Waals surface area contributed by atoms with E-state index in [1.807, 2.05) is 17.9 Å². The van der Waals surface area contributed by atoms with Gasteiger partial charge in [-0.05, 0) is 37.5 Å². The number of nitrogens with zero attached hydrogens (tertiary/aromatic N) is 1. The lowest BCUT2D eigenvalue weighted by Gasteiger charge is -2.27. The van der Waals surface area contributed by atoms with Crippen molar-refractivity contribution in [1.82, 2.24) is 4.90 Å². The zero-order valence-corrected chi connectivity index (χ0v) is 11.8. The number of hydrogen-bond acceptors (Lipinski definition) is 2. The van der Waals surface area contributed by atoms with E-state index in [1.165, 1.54) is 12.8 Å². The number of amides is 1. The quantitative estimate of drug-likeness (QED) is 0.899. The summed E-state index contributed by atoms with van der Waals surface area (Å²) in [7, 11) is 0. The van der Waals surface area contributed by atoms with E-state index in [9.17, 15) is 9.59 Å². The fraction of sp³-hybridized carbons (Fsp3) is 0.500. The third-order valence-corrected chi connectivity index (χ3v) is 3.96. The normalized spacial score (nSPS) is 15.2. The first-order valence-electron chi connectivity index (χ1n) is 7.23. The van der Waals surface area contributed by atoms with E-state index in [4.69, 9.17) is 5.11 Å². The van der Waals surface area contributed by atoms with Gasteiger partial charge in [-0.15, -0.1) is 0 Å². The van der Waals surface area contributed by atoms with Crippen molar-refractivity contribution in [2.45, 2.75) is 45.1 Å². The van der Waals surface area contributed by atoms with Gasteiger partial charge in [0.2, 0.25) is 5.91 Å². The molecule has 0 aliphatic heterocycles. The van der Waals surface area contributed by atoms with Gasteiger partial charge >= 0.3 is 5.97 Å². The maximum atomic E-state index is 12.4. The first kappa shape index (κ1) is 14.6. The minimum absolute atomic E-state index is 0.0990. The van der Waals surface area contributed by atoms with Crippen LogP contribution in [0.15, 0.2) is 24.3 Å². The van der Waals surface area contributed by atoms with Crippen LogP contribution in [-0.4, -0.2) is 34.5 Å². The zero-order valence-electron chi connectivity index (χ0n) is 11.8. The maximum Gasteiger partial charge on any atom is 0.335 e. The monoisotopic (exact) mass is 275 g/mol. The van der Waals surface area contributed by atoms with Crippen molar-refractivity contribution in [1.29, 1.82) is 0 Å². The number of carbonyl (C=O) groups excluding carboxylic acids is 1. The molecule has 4 heteroatoms. The van der Waals surface area contributed by atoms with Gasteiger partial charge in [0.25, 0.3) is 0 Å². The largest absolute Gasteiger partial charge is 0.478 e. The second kappa shape index (κ2) is 6.55. The third-order valence-electron chi connectivity index (χ3n) is 3.96. The predicted octanol–water partition coefficient (Wildman–Crippen LogP) is 2.72. The van der Waals surface area contributed by atoms with E-state index in [0.717, 1.165) is 24.9 Å². The van der Waals surface area contributed by atoms with E-state index in [-0.39, 0.29) is 17.9 Å². The highest BCUT2D eigenvalue weighted by molar-refractivity contribution is 5.88. The summed E-state index contributed by atoms with van der Waals surface area (Å²) in [5.41, 5.74) is 1.01. The molecule has 0 heterocycles. The van der Waals surface area contributed by atoms with E-state index in [2.05, 4.69) is 0 Å². The van der Waals surface area contributed by atoms with Crippen molar-refractivity contribution in [3.63, 3.8) is 0 Å². The lowest BCUT2D eigenvalue weighted by atomic mass is 10.1. The predicted molar refractivity (Wildman–Crippen MR) is 76.7 cm³/mol. The summed E-state index contributed by atoms with van der Waals surface area (Å²) in [6.07, 6.45) is 4.86. The molecule has 0 unspecified atom stereocenters. The highest BCUT2D eigenvalue weighted by Crippen LogP contribution is 2.24. The van der Waals surface area contributed by atoms with Crippen LogP contribution < -0.4 is 0 Å². The zero-order chi connectivity index (χ0) is 14.5. The number of aromatic carboxylic acids is 1. The summed E-state index contributed by atoms with van der Waals surface area (Å²) in [4.78, 5) is 25.3. The van der Waals surface area contributed by atoms with Crippen LogP contribution in [0.5, 0.6) is 0 Å². The van der Waals surface area contributed by atoms with Crippen molar-refractivity contribution in [3.05, 3.63) is 35.4 Å². The van der Waals surface area contributed by atoms with E-state index in [1.54, 1.807) is 18.2 Å². The fourth-order valence-electron chi connectivity index (χ4n) is 2.94. The van der Waals surface area contributed by atoms with Gasteiger partial charge in [0.05, 0.1) is 12.0 Å². The summed E-state index contributed by atoms with van der Waals surface area (Å²) in [6, 6.07) is 7.01. The fourth-order valence-corrected chi connectivity index (χ4v) is 2.94. The standard InChI is InChI=1S/C16H21NO3/c1-2-17(14-8-3-4-9-14)15(18)11-12-6-5-7-13(10-12)16(19)20/h5-7,10,14H,2-4,8-9,11H2,1H3,(H,19,20). The van der Waals surface area contributed by atoms with Gasteiger partial charge in [-0.1, -0.05) is 25.0 Å². The number of hydrogen-bond donors (Lipinski definition) is 1. The van der Waals surface area contributed by atoms with Crippen molar-refractivity contribution in [3.8, 4) is 0 Å². The molecule has 108 valence electrons. The highest BCUT2D eigenvalue weighted by Gasteiger charge is 2.25. The number of carboxylic acids is 1. The van der Waals surface area contributed by atoms with Crippen LogP contribution in [0.2, 0.25) is 0 Å². The summed E-state index contributed by atoms with van der Waals surface area (Å²) in [5.74, 6) is -0.857. The molecule has 1 aliphatic carbocycles. The lowest BCUT2D eigenvalue weighted by Crippen LogP contribution is -2.39. The topological polar surface area (TPSA) is 57.6 Å². The van der Waals surface area contributed by atoms with Crippen LogP contribution >= 0.6 is 0 Å². The molecule has 0 bridgehead atoms. The Hall–Kier alpha value is -1.84. The smallest absolute Gasteiger partial charge is 0.335 e. The molecule has 1 amide bonds. The van der Waals surface area contributed by atoms with Gasteiger partial charge < -0.3 is 10.0 Å². The Morgan fingerprint density at radius 1 is 1.30 bits per heavy atom. The molecule has 0 radical (unpaired) electrons. The average Bonchev–Trinajstić information content (AvgIpc) is 2.93. The average molecular weight is 275 g/mol. The second-order valence-electron chi connectivity index (χ2n) is 5.30. The van der Waals surface area contributed by atoms with Crippen LogP contribution in [0.4, 0.5) is 0 Å². The SMILES string of the molecule is CCN(C(=O)Cc1cccc(C(=O)O)c1)C1CCCC1. The molecule has 0 aromatic heterocycles. The molecule has 1 aliphatic rings. The van der Waals surface area contributed by atoms with Crippen LogP contribution in [-0.2, 0) is 11.2 Å². The molecule has 4 nitrogen and oxygen atoms in total. The molecular weight excluding hydrogens is 254 g/mol. The van der Waals surface area contributed by atoms with Crippen molar-refractivity contribution < 1.29 is 14.7 Å². The van der Waals surface area contributed by atoms with Gasteiger partial charge in [0, 0.05) is 12.6 Å². The molecule has 0 spiro atoms. The Balaban J connectivity index is 2.05. The molecule has 0 saturated heterocycles. The van der Waals surface area contributed by atoms with E-state index < -0.39 is 5.97 Å². The van der Waals surface area contributed by atoms with Crippen molar-refractivity contribution >= 4 is 11.9 Å². The van der Waals surface area contributed by atoms with Crippen molar-refractivity contribution in [2.24, 2.45) is 0 Å². The van der Waals surface area contributed by atoms with Crippen LogP contribution in [0, 0.1) is 0 Å². The van der Waals surface area contributed by atoms with Crippen molar-refractivity contribution in [2.75, 3.05) is 6.54 Å². The molecular formula is C16H21NO3. The Morgan fingerprint density at radius 2 is 2.00 bits per heavy atom. The Kier molecular flexibility index (Phi) is 4.77. The van der Waals surface area contributed by atoms with Gasteiger partial charge in [-0.25, -0.2) is 4.79 Å². The van der Waals surface area contributed by atoms with Gasteiger partial charge in [-0.3, -0.25) is 4.79 Å². The minimum atomic E-state index is -0.956. The summed E-state index contributed by atoms with van der Waals surface area (Å²) < 4.78 is 0. The first-order chi connectivity index (χ1) is 9.61. The van der Waals surface area contributed by atoms with Gasteiger partial charge in [-0.2, -0.15) is 0 Å². The number of benzene rings is 1. The highest BCUT2D eigenvalue weighted by atomic mass is 16.4. The number of likely N-dealkylation sites (N-methyl/N-ethyl adjacent to an activating group) is 1. The summed E-state index contributed by atoms with van der Waals surface area (Å²) in [5, 5.41) is 8.98. The number of carbonyl (C=O) groups is 2. The molecule has 20 heavy (non-hydrogen) atoms. The second-order valence-corrected chi connectivity index (χ2v) is 5.30. The minimum Gasteiger partial charge on any atom is -0.478 e. The van der Waals surface area contributed by atoms with Crippen LogP contribution in [0.25, 0.3) is 0 Å². The first-order valence-corrected chi connectivity index (χ1v) is 7.23. The maximum absolute atomic E-state index is 12.4. The summed E-state index contributed by atoms with van der Waals surface area (Å²) >= 11 is 0. The molecule has 1 aromatic rings. The van der Waals surface area contributed by atoms with E-state index >= 15 is 0 Å². The van der Waals surface area contributed by atoms with Crippen LogP contribution in [0.1, 0.15) is 48.5 Å². The Labute approximate surface area is 119 Å². The van der Waals surface area contributed by atoms with E-state index in [0.29, 0.717) is 6.04 Å². The van der Waals surface area contributed by atoms with Gasteiger partial charge in [0.15, 0.2) is 0 Å². The number of rotatable bonds is 5. The Morgan fingerprint density at radius 3 is 2.60 bits per heavy atom. The molecule has 1 fully saturated rings. The lowest BCUT2D eigenvalue weighted by molar-refractivity contribution is -0.132. The Bertz CT molecular complexity index is 492. The molecule has 0 atom stereocenters. The summed E-state index contributed by atoms with van der Waals surface area (Å²) in [6.45, 7) is 2.73. The molecule has 1 saturated carbocycles.